The molecule has 5 heteroatoms. The van der Waals surface area contributed by atoms with Gasteiger partial charge in [-0.3, -0.25) is 4.79 Å². The van der Waals surface area contributed by atoms with E-state index in [1.807, 2.05) is 67.6 Å². The fourth-order valence-corrected chi connectivity index (χ4v) is 2.74. The summed E-state index contributed by atoms with van der Waals surface area (Å²) in [5, 5.41) is 9.43. The van der Waals surface area contributed by atoms with Crippen LogP contribution in [0.3, 0.4) is 0 Å². The quantitative estimate of drug-likeness (QED) is 0.758. The average Bonchev–Trinajstić information content (AvgIpc) is 2.68. The fourth-order valence-electron chi connectivity index (χ4n) is 2.74. The Morgan fingerprint density at radius 2 is 1.81 bits per heavy atom. The number of H-pyrrole nitrogens is 1. The van der Waals surface area contributed by atoms with Crippen molar-refractivity contribution in [1.29, 1.82) is 5.26 Å². The third-order valence-electron chi connectivity index (χ3n) is 4.00. The zero-order chi connectivity index (χ0) is 18.5. The maximum Gasteiger partial charge on any atom is 0.266 e. The Labute approximate surface area is 151 Å². The predicted molar refractivity (Wildman–Crippen MR) is 100 cm³/mol. The summed E-state index contributed by atoms with van der Waals surface area (Å²) in [4.78, 5) is 15.2. The number of aromatic amines is 1. The molecule has 1 N–H and O–H groups in total. The first-order valence-electron chi connectivity index (χ1n) is 8.21. The molecule has 0 spiro atoms. The maximum atomic E-state index is 12.4. The van der Waals surface area contributed by atoms with Gasteiger partial charge in [0.05, 0.1) is 13.7 Å². The highest BCUT2D eigenvalue weighted by atomic mass is 16.5. The number of methoxy groups -OCH3 is 1. The lowest BCUT2D eigenvalue weighted by atomic mass is 9.99. The topological polar surface area (TPSA) is 75.1 Å². The lowest BCUT2D eigenvalue weighted by molar-refractivity contribution is 0.340. The number of aromatic nitrogens is 1. The molecule has 3 rings (SSSR count). The molecule has 0 fully saturated rings. The first-order valence-corrected chi connectivity index (χ1v) is 8.21. The summed E-state index contributed by atoms with van der Waals surface area (Å²) in [6.45, 7) is 2.49. The number of benzene rings is 2. The number of hydrogen-bond donors (Lipinski definition) is 1. The molecule has 26 heavy (non-hydrogen) atoms. The molecule has 0 bridgehead atoms. The molecule has 0 amide bonds. The minimum atomic E-state index is -0.420. The normalized spacial score (nSPS) is 10.2. The highest BCUT2D eigenvalue weighted by molar-refractivity contribution is 5.75. The summed E-state index contributed by atoms with van der Waals surface area (Å²) in [5.74, 6) is 1.43. The maximum absolute atomic E-state index is 12.4. The van der Waals surface area contributed by atoms with Gasteiger partial charge in [0.1, 0.15) is 23.1 Å². The van der Waals surface area contributed by atoms with E-state index < -0.39 is 5.56 Å². The van der Waals surface area contributed by atoms with Gasteiger partial charge >= 0.3 is 0 Å². The second kappa shape index (κ2) is 7.58. The molecule has 5 nitrogen and oxygen atoms in total. The molecule has 0 aliphatic rings. The van der Waals surface area contributed by atoms with Crippen LogP contribution in [-0.4, -0.2) is 18.7 Å². The molecule has 0 atom stereocenters. The van der Waals surface area contributed by atoms with Crippen LogP contribution in [0.2, 0.25) is 0 Å². The summed E-state index contributed by atoms with van der Waals surface area (Å²) < 4.78 is 10.7. The second-order valence-corrected chi connectivity index (χ2v) is 5.60. The Morgan fingerprint density at radius 3 is 2.46 bits per heavy atom. The average molecular weight is 346 g/mol. The number of nitriles is 1. The molecule has 130 valence electrons. The van der Waals surface area contributed by atoms with Crippen LogP contribution in [0, 0.1) is 11.3 Å². The summed E-state index contributed by atoms with van der Waals surface area (Å²) in [5.41, 5.74) is 2.45. The molecule has 0 unspecified atom stereocenters. The molecule has 1 heterocycles. The number of nitrogens with zero attached hydrogens (tertiary/aromatic N) is 1. The van der Waals surface area contributed by atoms with Crippen molar-refractivity contribution in [3.05, 3.63) is 70.5 Å². The Kier molecular flexibility index (Phi) is 5.04. The minimum absolute atomic E-state index is 0.0841. The predicted octanol–water partition coefficient (Wildman–Crippen LogP) is 3.99. The zero-order valence-electron chi connectivity index (χ0n) is 14.6. The van der Waals surface area contributed by atoms with E-state index in [1.165, 1.54) is 0 Å². The Hall–Kier alpha value is -3.52. The third kappa shape index (κ3) is 3.45. The van der Waals surface area contributed by atoms with E-state index in [2.05, 4.69) is 4.98 Å². The van der Waals surface area contributed by atoms with E-state index >= 15 is 0 Å². The van der Waals surface area contributed by atoms with Gasteiger partial charge in [0.2, 0.25) is 0 Å². The highest BCUT2D eigenvalue weighted by Gasteiger charge is 2.13. The van der Waals surface area contributed by atoms with Crippen LogP contribution in [0.4, 0.5) is 0 Å². The van der Waals surface area contributed by atoms with Crippen LogP contribution in [0.1, 0.15) is 12.5 Å². The van der Waals surface area contributed by atoms with Crippen molar-refractivity contribution in [2.75, 3.05) is 13.7 Å². The molecular weight excluding hydrogens is 328 g/mol. The number of pyridine rings is 1. The van der Waals surface area contributed by atoms with Crippen molar-refractivity contribution in [3.8, 4) is 40.0 Å². The van der Waals surface area contributed by atoms with E-state index in [0.29, 0.717) is 23.6 Å². The SMILES string of the molecule is CCOc1ccc(-c2cc(-c3cccc(OC)c3)[nH]c(=O)c2C#N)cc1. The van der Waals surface area contributed by atoms with Crippen molar-refractivity contribution in [1.82, 2.24) is 4.98 Å². The number of nitrogens with one attached hydrogen (secondary N) is 1. The first kappa shape index (κ1) is 17.3. The minimum Gasteiger partial charge on any atom is -0.497 e. The van der Waals surface area contributed by atoms with Gasteiger partial charge in [-0.15, -0.1) is 0 Å². The zero-order valence-corrected chi connectivity index (χ0v) is 14.6. The van der Waals surface area contributed by atoms with Gasteiger partial charge < -0.3 is 14.5 Å². The molecule has 0 aliphatic carbocycles. The summed E-state index contributed by atoms with van der Waals surface area (Å²) in [6.07, 6.45) is 0. The van der Waals surface area contributed by atoms with E-state index in [9.17, 15) is 10.1 Å². The van der Waals surface area contributed by atoms with Gasteiger partial charge in [-0.05, 0) is 42.8 Å². The third-order valence-corrected chi connectivity index (χ3v) is 4.00. The van der Waals surface area contributed by atoms with E-state index in [4.69, 9.17) is 9.47 Å². The van der Waals surface area contributed by atoms with Gasteiger partial charge in [-0.2, -0.15) is 5.26 Å². The molecule has 2 aromatic carbocycles. The Bertz CT molecular complexity index is 1010. The van der Waals surface area contributed by atoms with E-state index in [-0.39, 0.29) is 5.56 Å². The molecule has 0 radical (unpaired) electrons. The Balaban J connectivity index is 2.13. The van der Waals surface area contributed by atoms with Crippen molar-refractivity contribution in [2.24, 2.45) is 0 Å². The van der Waals surface area contributed by atoms with Gasteiger partial charge in [-0.25, -0.2) is 0 Å². The van der Waals surface area contributed by atoms with Crippen LogP contribution in [-0.2, 0) is 0 Å². The van der Waals surface area contributed by atoms with Gasteiger partial charge in [0.15, 0.2) is 0 Å². The van der Waals surface area contributed by atoms with Crippen LogP contribution < -0.4 is 15.0 Å². The van der Waals surface area contributed by atoms with Crippen molar-refractivity contribution in [2.45, 2.75) is 6.92 Å². The van der Waals surface area contributed by atoms with Crippen LogP contribution in [0.15, 0.2) is 59.4 Å². The Morgan fingerprint density at radius 1 is 1.04 bits per heavy atom. The van der Waals surface area contributed by atoms with Crippen molar-refractivity contribution in [3.63, 3.8) is 0 Å². The first-order chi connectivity index (χ1) is 12.7. The van der Waals surface area contributed by atoms with Gasteiger partial charge in [-0.1, -0.05) is 24.3 Å². The van der Waals surface area contributed by atoms with Crippen molar-refractivity contribution < 1.29 is 9.47 Å². The number of hydrogen-bond acceptors (Lipinski definition) is 4. The number of rotatable bonds is 5. The van der Waals surface area contributed by atoms with E-state index in [1.54, 1.807) is 7.11 Å². The van der Waals surface area contributed by atoms with E-state index in [0.717, 1.165) is 16.9 Å². The van der Waals surface area contributed by atoms with Gasteiger partial charge in [0.25, 0.3) is 5.56 Å². The molecule has 0 saturated heterocycles. The lowest BCUT2D eigenvalue weighted by Gasteiger charge is -2.10. The van der Waals surface area contributed by atoms with Crippen LogP contribution in [0.25, 0.3) is 22.4 Å². The standard InChI is InChI=1S/C21H18N2O3/c1-3-26-16-9-7-14(8-10-16)18-12-20(23-21(24)19(18)13-22)15-5-4-6-17(11-15)25-2/h4-12H,3H2,1-2H3,(H,23,24). The summed E-state index contributed by atoms with van der Waals surface area (Å²) >= 11 is 0. The second-order valence-electron chi connectivity index (χ2n) is 5.60. The van der Waals surface area contributed by atoms with Crippen LogP contribution in [0.5, 0.6) is 11.5 Å². The van der Waals surface area contributed by atoms with Crippen LogP contribution >= 0.6 is 0 Å². The monoisotopic (exact) mass is 346 g/mol. The molecule has 0 saturated carbocycles. The summed E-state index contributed by atoms with van der Waals surface area (Å²) in [6, 6.07) is 18.5. The molecule has 0 aliphatic heterocycles. The smallest absolute Gasteiger partial charge is 0.266 e. The van der Waals surface area contributed by atoms with Crippen molar-refractivity contribution >= 4 is 0 Å². The molecular formula is C21H18N2O3. The summed E-state index contributed by atoms with van der Waals surface area (Å²) in [7, 11) is 1.59. The largest absolute Gasteiger partial charge is 0.497 e. The molecule has 3 aromatic rings. The highest BCUT2D eigenvalue weighted by Crippen LogP contribution is 2.28. The lowest BCUT2D eigenvalue weighted by Crippen LogP contribution is -2.12. The van der Waals surface area contributed by atoms with Gasteiger partial charge in [0, 0.05) is 16.8 Å². The fraction of sp³-hybridized carbons (Fsp3) is 0.143. The molecule has 1 aromatic heterocycles. The number of ether oxygens (including phenoxy) is 2.